The van der Waals surface area contributed by atoms with Crippen molar-refractivity contribution < 1.29 is 116 Å². The number of carboxylic acids is 3. The molecule has 4 unspecified atom stereocenters. The zero-order valence-electron chi connectivity index (χ0n) is 59.1. The van der Waals surface area contributed by atoms with Crippen LogP contribution in [0.3, 0.4) is 0 Å². The van der Waals surface area contributed by atoms with Crippen LogP contribution in [0.2, 0.25) is 10.0 Å². The number of anilines is 4. The average Bonchev–Trinajstić information content (AvgIpc) is 1.59. The van der Waals surface area contributed by atoms with Crippen LogP contribution >= 0.6 is 70.2 Å². The second-order valence-electron chi connectivity index (χ2n) is 26.3. The van der Waals surface area contributed by atoms with Gasteiger partial charge in [-0.2, -0.15) is 0 Å². The third kappa shape index (κ3) is 23.4. The molecule has 3 aliphatic rings. The number of carbonyl (C=O) groups is 8. The number of nitrogens with one attached hydrogen (secondary N) is 4. The van der Waals surface area contributed by atoms with E-state index >= 15 is 0 Å². The summed E-state index contributed by atoms with van der Waals surface area (Å²) >= 11 is 15.5. The fraction of sp³-hybridized carbons (Fsp3) is 0.273. The van der Waals surface area contributed by atoms with Crippen LogP contribution in [0.1, 0.15) is 121 Å². The number of carboxylic acid groups (broad SMARTS) is 3. The Kier molecular flexibility index (Phi) is 29.9. The number of benzene rings is 8. The topological polar surface area (TPSA) is 275 Å². The molecule has 0 aromatic heterocycles. The van der Waals surface area contributed by atoms with Gasteiger partial charge in [-0.1, -0.05) is 23.2 Å². The Labute approximate surface area is 658 Å². The standard InChI is InChI=1S/C21H17F4NO3S.C20H17F4NO4S.C19H18ClF2NO3S.C17H14ClF2NO3S/c22-14-4-1-9(20(27)26-10-6-15(23)19(25)16(24)7-10)5-17(14)30-11-2-3-12-13(8-11)18(12)21(28)29;21-13-2-1-10(18(26)25-11-8-14(22)17(24)15(23)9-11)7-16(13)30-12-3-5-20(29,6-4-12)19(27)28;1-4-26-18(25)19(2,3)27-16-9-11(5-7-15(16)22)17(24)23-12-6-8-14(21)13(20)10-12;1-17(2,16(23)24)25-14-7-9(3-5-13(14)20)15(22)21-10-4-6-12(19)11(18)8-10/h1,4-7,11-13,18H,2-3,8H2,(H,26,27)(H,28,29);1-2,7-9,12,29H,3-6H2,(H,25,26)(H,27,28);5-10H,4H2,1-3H3,(H,23,24);3-8H,1-2H3,(H,21,22)(H,23,24). The Hall–Kier alpha value is -9.38. The van der Waals surface area contributed by atoms with Gasteiger partial charge < -0.3 is 46.4 Å². The zero-order chi connectivity index (χ0) is 82.6. The van der Waals surface area contributed by atoms with Gasteiger partial charge in [0.1, 0.15) is 44.4 Å². The highest BCUT2D eigenvalue weighted by Crippen LogP contribution is 2.58. The number of ether oxygens (including phenoxy) is 1. The van der Waals surface area contributed by atoms with Gasteiger partial charge in [-0.3, -0.25) is 33.6 Å². The average molecular weight is 1680 g/mol. The van der Waals surface area contributed by atoms with Crippen molar-refractivity contribution in [3.05, 3.63) is 236 Å². The Balaban J connectivity index is 0.000000188. The van der Waals surface area contributed by atoms with E-state index in [1.165, 1.54) is 98.4 Å². The molecule has 4 atom stereocenters. The van der Waals surface area contributed by atoms with Crippen molar-refractivity contribution >= 4 is 141 Å². The van der Waals surface area contributed by atoms with Gasteiger partial charge >= 0.3 is 23.9 Å². The van der Waals surface area contributed by atoms with E-state index in [2.05, 4.69) is 21.3 Å². The minimum Gasteiger partial charge on any atom is -0.481 e. The number of hydrogen-bond donors (Lipinski definition) is 8. The van der Waals surface area contributed by atoms with E-state index in [-0.39, 0.29) is 117 Å². The lowest BCUT2D eigenvalue weighted by Crippen LogP contribution is -2.42. The number of fused-ring (bicyclic) bond motifs is 1. The van der Waals surface area contributed by atoms with Gasteiger partial charge in [0.05, 0.1) is 22.6 Å². The molecule has 3 fully saturated rings. The Bertz CT molecular complexity index is 4900. The summed E-state index contributed by atoms with van der Waals surface area (Å²) < 4.78 is 165. The van der Waals surface area contributed by atoms with Crippen LogP contribution in [-0.2, 0) is 23.9 Å². The van der Waals surface area contributed by atoms with Gasteiger partial charge in [-0.15, -0.1) is 47.0 Å². The monoisotopic (exact) mass is 1680 g/mol. The minimum absolute atomic E-state index is 0.0156. The van der Waals surface area contributed by atoms with E-state index in [4.69, 9.17) is 38.2 Å². The maximum absolute atomic E-state index is 14.3. The first-order chi connectivity index (χ1) is 52.6. The number of aliphatic carboxylic acids is 3. The van der Waals surface area contributed by atoms with E-state index in [1.54, 1.807) is 20.8 Å². The quantitative estimate of drug-likeness (QED) is 0.0144. The summed E-state index contributed by atoms with van der Waals surface area (Å²) in [5, 5.41) is 46.6. The van der Waals surface area contributed by atoms with Crippen LogP contribution in [-0.4, -0.2) is 100 Å². The second kappa shape index (κ2) is 38.0. The molecule has 8 aromatic rings. The smallest absolute Gasteiger partial charge is 0.335 e. The van der Waals surface area contributed by atoms with Crippen LogP contribution in [0.4, 0.5) is 75.4 Å². The molecule has 11 rings (SSSR count). The molecule has 0 aliphatic heterocycles. The van der Waals surface area contributed by atoms with Gasteiger partial charge in [-0.25, -0.2) is 57.5 Å². The summed E-state index contributed by atoms with van der Waals surface area (Å²) in [7, 11) is 0. The van der Waals surface area contributed by atoms with Crippen LogP contribution in [0, 0.1) is 87.6 Å². The third-order valence-electron chi connectivity index (χ3n) is 17.3. The molecule has 3 aliphatic carbocycles. The van der Waals surface area contributed by atoms with Crippen molar-refractivity contribution in [3.8, 4) is 0 Å². The normalized spacial score (nSPS) is 17.6. The van der Waals surface area contributed by atoms with Crippen LogP contribution in [0.5, 0.6) is 0 Å². The fourth-order valence-corrected chi connectivity index (χ4v) is 16.2. The molecule has 8 aromatic carbocycles. The van der Waals surface area contributed by atoms with Crippen molar-refractivity contribution in [1.82, 2.24) is 0 Å². The summed E-state index contributed by atoms with van der Waals surface area (Å²) in [6, 6.07) is 24.7. The molecule has 35 heteroatoms. The van der Waals surface area contributed by atoms with Gasteiger partial charge in [0, 0.05) is 99.4 Å². The molecule has 0 radical (unpaired) electrons. The highest BCUT2D eigenvalue weighted by Gasteiger charge is 2.57. The molecule has 0 saturated heterocycles. The van der Waals surface area contributed by atoms with E-state index < -0.39 is 132 Å². The van der Waals surface area contributed by atoms with Crippen molar-refractivity contribution in [3.63, 3.8) is 0 Å². The number of rotatable bonds is 21. The molecule has 0 bridgehead atoms. The fourth-order valence-electron chi connectivity index (χ4n) is 11.3. The van der Waals surface area contributed by atoms with Gasteiger partial charge in [-0.05, 0) is 201 Å². The number of amides is 4. The lowest BCUT2D eigenvalue weighted by molar-refractivity contribution is -0.161. The summed E-state index contributed by atoms with van der Waals surface area (Å²) in [5.74, 6) is -18.8. The molecule has 594 valence electrons. The second-order valence-corrected chi connectivity index (χ2v) is 33.1. The van der Waals surface area contributed by atoms with Crippen LogP contribution < -0.4 is 21.3 Å². The third-order valence-corrected chi connectivity index (χ3v) is 23.0. The summed E-state index contributed by atoms with van der Waals surface area (Å²) in [4.78, 5) is 95.5. The van der Waals surface area contributed by atoms with Gasteiger partial charge in [0.25, 0.3) is 23.6 Å². The summed E-state index contributed by atoms with van der Waals surface area (Å²) in [5.41, 5.74) is -1.36. The van der Waals surface area contributed by atoms with Crippen LogP contribution in [0.25, 0.3) is 0 Å². The Morgan fingerprint density at radius 2 is 0.786 bits per heavy atom. The SMILES string of the molecule is CC(C)(Sc1cc(C(=O)Nc2ccc(F)c(Cl)c2)ccc1F)C(=O)O.CCOC(=O)C(C)(C)Sc1cc(C(=O)Nc2ccc(F)c(Cl)c2)ccc1F.O=C(Nc1cc(F)c(F)c(F)c1)c1ccc(F)c(SC2CCC(O)(C(=O)O)CC2)c1.O=C(Nc1cc(F)c(F)c(F)c1)c1ccc(F)c(SC2CCC3C(C2)C3C(=O)O)c1. The molecule has 0 heterocycles. The number of carbonyl (C=O) groups excluding carboxylic acids is 5. The molecule has 0 spiro atoms. The first-order valence-corrected chi connectivity index (χ1v) is 37.7. The number of hydrogen-bond acceptors (Lipinski definition) is 14. The molecule has 17 nitrogen and oxygen atoms in total. The maximum Gasteiger partial charge on any atom is 0.335 e. The largest absolute Gasteiger partial charge is 0.481 e. The van der Waals surface area contributed by atoms with Crippen LogP contribution in [0.15, 0.2) is 153 Å². The molecular formula is C77H66Cl2F12N4O13S4. The molecule has 4 amide bonds. The molecular weight excluding hydrogens is 1620 g/mol. The highest BCUT2D eigenvalue weighted by atomic mass is 35.5. The van der Waals surface area contributed by atoms with E-state index in [9.17, 15) is 101 Å². The lowest BCUT2D eigenvalue weighted by Gasteiger charge is -2.32. The van der Waals surface area contributed by atoms with Gasteiger partial charge in [0.2, 0.25) is 0 Å². The molecule has 112 heavy (non-hydrogen) atoms. The van der Waals surface area contributed by atoms with Gasteiger partial charge in [0.15, 0.2) is 40.5 Å². The van der Waals surface area contributed by atoms with E-state index in [0.717, 1.165) is 84.5 Å². The zero-order valence-corrected chi connectivity index (χ0v) is 63.9. The number of thioether (sulfide) groups is 4. The number of esters is 1. The predicted octanol–water partition coefficient (Wildman–Crippen LogP) is 19.6. The lowest BCUT2D eigenvalue weighted by atomic mass is 9.85. The number of halogens is 14. The van der Waals surface area contributed by atoms with E-state index in [1.807, 2.05) is 0 Å². The number of aliphatic hydroxyl groups is 1. The predicted molar refractivity (Wildman–Crippen MR) is 399 cm³/mol. The minimum atomic E-state index is -1.78. The first-order valence-electron chi connectivity index (χ1n) is 33.5. The molecule has 3 saturated carbocycles. The van der Waals surface area contributed by atoms with Crippen molar-refractivity contribution in [2.24, 2.45) is 17.8 Å². The Morgan fingerprint density at radius 1 is 0.438 bits per heavy atom. The van der Waals surface area contributed by atoms with Crippen molar-refractivity contribution in [2.75, 3.05) is 27.9 Å². The Morgan fingerprint density at radius 3 is 1.14 bits per heavy atom. The molecule has 8 N–H and O–H groups in total. The summed E-state index contributed by atoms with van der Waals surface area (Å²) in [6.07, 6.45) is 2.97. The maximum atomic E-state index is 14.3. The highest BCUT2D eigenvalue weighted by molar-refractivity contribution is 8.01. The van der Waals surface area contributed by atoms with Crippen molar-refractivity contribution in [1.29, 1.82) is 0 Å². The van der Waals surface area contributed by atoms with E-state index in [0.29, 0.717) is 49.2 Å². The summed E-state index contributed by atoms with van der Waals surface area (Å²) in [6.45, 7) is 8.00. The first kappa shape index (κ1) is 88.2. The van der Waals surface area contributed by atoms with Crippen molar-refractivity contribution in [2.45, 2.75) is 125 Å².